The van der Waals surface area contributed by atoms with Gasteiger partial charge in [0.2, 0.25) is 0 Å². The van der Waals surface area contributed by atoms with E-state index in [1.165, 1.54) is 32.5 Å². The summed E-state index contributed by atoms with van der Waals surface area (Å²) < 4.78 is 0. The summed E-state index contributed by atoms with van der Waals surface area (Å²) in [4.78, 5) is 2.59. The second kappa shape index (κ2) is 6.72. The van der Waals surface area contributed by atoms with Gasteiger partial charge in [-0.2, -0.15) is 0 Å². The Balaban J connectivity index is 2.14. The minimum Gasteiger partial charge on any atom is -0.394 e. The number of aliphatic hydroxyl groups is 1. The van der Waals surface area contributed by atoms with Gasteiger partial charge in [-0.25, -0.2) is 0 Å². The van der Waals surface area contributed by atoms with Gasteiger partial charge < -0.3 is 15.7 Å². The van der Waals surface area contributed by atoms with Crippen LogP contribution in [-0.2, 0) is 0 Å². The summed E-state index contributed by atoms with van der Waals surface area (Å²) in [5.74, 6) is 1.69. The summed E-state index contributed by atoms with van der Waals surface area (Å²) >= 11 is 0. The van der Waals surface area contributed by atoms with Crippen LogP contribution < -0.4 is 5.73 Å². The van der Waals surface area contributed by atoms with Gasteiger partial charge >= 0.3 is 0 Å². The average Bonchev–Trinajstić information content (AvgIpc) is 2.23. The van der Waals surface area contributed by atoms with Crippen molar-refractivity contribution in [3.63, 3.8) is 0 Å². The fourth-order valence-electron chi connectivity index (χ4n) is 2.92. The van der Waals surface area contributed by atoms with E-state index in [1.54, 1.807) is 0 Å². The Bertz CT molecular complexity index is 208. The van der Waals surface area contributed by atoms with Crippen LogP contribution in [0.25, 0.3) is 0 Å². The van der Waals surface area contributed by atoms with Crippen molar-refractivity contribution in [2.45, 2.75) is 52.0 Å². The summed E-state index contributed by atoms with van der Waals surface area (Å²) in [6.45, 7) is 10.4. The van der Waals surface area contributed by atoms with E-state index in [0.29, 0.717) is 0 Å². The standard InChI is InChI=1S/C14H30N2O/c1-12-8-13(2)10-16(9-12)7-5-4-6-14(3,15)11-17/h12-13,17H,4-11,15H2,1-3H3. The van der Waals surface area contributed by atoms with Crippen molar-refractivity contribution in [3.05, 3.63) is 0 Å². The van der Waals surface area contributed by atoms with Crippen molar-refractivity contribution in [1.82, 2.24) is 4.90 Å². The summed E-state index contributed by atoms with van der Waals surface area (Å²) in [7, 11) is 0. The highest BCUT2D eigenvalue weighted by Gasteiger charge is 2.21. The lowest BCUT2D eigenvalue weighted by Gasteiger charge is -2.35. The Labute approximate surface area is 106 Å². The fraction of sp³-hybridized carbons (Fsp3) is 1.00. The molecule has 3 unspecified atom stereocenters. The Morgan fingerprint density at radius 3 is 2.35 bits per heavy atom. The summed E-state index contributed by atoms with van der Waals surface area (Å²) in [5, 5.41) is 9.08. The number of aliphatic hydroxyl groups excluding tert-OH is 1. The van der Waals surface area contributed by atoms with Gasteiger partial charge in [0.25, 0.3) is 0 Å². The molecule has 17 heavy (non-hydrogen) atoms. The molecule has 0 spiro atoms. The number of hydrogen-bond donors (Lipinski definition) is 2. The normalized spacial score (nSPS) is 30.2. The molecule has 1 saturated heterocycles. The van der Waals surface area contributed by atoms with E-state index in [-0.39, 0.29) is 12.1 Å². The van der Waals surface area contributed by atoms with E-state index in [4.69, 9.17) is 10.8 Å². The molecule has 3 heteroatoms. The highest BCUT2D eigenvalue weighted by Crippen LogP contribution is 2.21. The Morgan fingerprint density at radius 1 is 1.24 bits per heavy atom. The highest BCUT2D eigenvalue weighted by molar-refractivity contribution is 4.78. The third kappa shape index (κ3) is 5.84. The molecule has 0 bridgehead atoms. The Hall–Kier alpha value is -0.120. The smallest absolute Gasteiger partial charge is 0.0608 e. The van der Waals surface area contributed by atoms with Crippen LogP contribution in [0.5, 0.6) is 0 Å². The van der Waals surface area contributed by atoms with Crippen LogP contribution in [0, 0.1) is 11.8 Å². The monoisotopic (exact) mass is 242 g/mol. The lowest BCUT2D eigenvalue weighted by molar-refractivity contribution is 0.136. The molecular weight excluding hydrogens is 212 g/mol. The molecule has 1 aliphatic rings. The summed E-state index contributed by atoms with van der Waals surface area (Å²) in [6, 6.07) is 0. The first-order chi connectivity index (χ1) is 7.93. The minimum absolute atomic E-state index is 0.0881. The zero-order chi connectivity index (χ0) is 12.9. The van der Waals surface area contributed by atoms with E-state index in [0.717, 1.165) is 24.7 Å². The van der Waals surface area contributed by atoms with Crippen molar-refractivity contribution in [1.29, 1.82) is 0 Å². The van der Waals surface area contributed by atoms with Gasteiger partial charge in [0.1, 0.15) is 0 Å². The molecule has 1 aliphatic heterocycles. The minimum atomic E-state index is -0.386. The van der Waals surface area contributed by atoms with E-state index in [9.17, 15) is 0 Å². The zero-order valence-corrected chi connectivity index (χ0v) is 11.8. The number of nitrogens with two attached hydrogens (primary N) is 1. The quantitative estimate of drug-likeness (QED) is 0.699. The largest absolute Gasteiger partial charge is 0.394 e. The van der Waals surface area contributed by atoms with E-state index in [1.807, 2.05) is 6.92 Å². The maximum atomic E-state index is 9.08. The lowest BCUT2D eigenvalue weighted by Crippen LogP contribution is -2.41. The molecule has 0 aromatic heterocycles. The second-order valence-electron chi connectivity index (χ2n) is 6.47. The lowest BCUT2D eigenvalue weighted by atomic mass is 9.91. The Morgan fingerprint density at radius 2 is 1.82 bits per heavy atom. The van der Waals surface area contributed by atoms with Crippen molar-refractivity contribution in [2.75, 3.05) is 26.2 Å². The SMILES string of the molecule is CC1CC(C)CN(CCCCC(C)(N)CO)C1. The fourth-order valence-corrected chi connectivity index (χ4v) is 2.92. The average molecular weight is 242 g/mol. The molecule has 3 N–H and O–H groups in total. The van der Waals surface area contributed by atoms with Crippen LogP contribution >= 0.6 is 0 Å². The van der Waals surface area contributed by atoms with Gasteiger partial charge in [0.05, 0.1) is 6.61 Å². The zero-order valence-electron chi connectivity index (χ0n) is 11.8. The molecule has 0 aromatic rings. The predicted octanol–water partition coefficient (Wildman–Crippen LogP) is 1.84. The molecule has 1 rings (SSSR count). The number of hydrogen-bond acceptors (Lipinski definition) is 3. The van der Waals surface area contributed by atoms with E-state index < -0.39 is 0 Å². The number of nitrogens with zero attached hydrogens (tertiary/aromatic N) is 1. The van der Waals surface area contributed by atoms with Crippen molar-refractivity contribution in [3.8, 4) is 0 Å². The molecule has 1 fully saturated rings. The number of rotatable bonds is 6. The third-order valence-corrected chi connectivity index (χ3v) is 3.78. The molecule has 3 nitrogen and oxygen atoms in total. The molecule has 0 aromatic carbocycles. The van der Waals surface area contributed by atoms with Crippen molar-refractivity contribution >= 4 is 0 Å². The second-order valence-corrected chi connectivity index (χ2v) is 6.47. The first-order valence-electron chi connectivity index (χ1n) is 7.05. The van der Waals surface area contributed by atoms with Crippen LogP contribution in [0.2, 0.25) is 0 Å². The van der Waals surface area contributed by atoms with Gasteiger partial charge in [-0.3, -0.25) is 0 Å². The van der Waals surface area contributed by atoms with Gasteiger partial charge in [-0.05, 0) is 44.6 Å². The Kier molecular flexibility index (Phi) is 5.90. The number of likely N-dealkylation sites (tertiary alicyclic amines) is 1. The van der Waals surface area contributed by atoms with Crippen LogP contribution in [0.4, 0.5) is 0 Å². The van der Waals surface area contributed by atoms with Gasteiger partial charge in [0, 0.05) is 18.6 Å². The summed E-state index contributed by atoms with van der Waals surface area (Å²) in [5.41, 5.74) is 5.53. The molecule has 0 amide bonds. The number of unbranched alkanes of at least 4 members (excludes halogenated alkanes) is 1. The molecule has 1 heterocycles. The molecule has 0 radical (unpaired) electrons. The van der Waals surface area contributed by atoms with Crippen LogP contribution in [0.3, 0.4) is 0 Å². The van der Waals surface area contributed by atoms with E-state index >= 15 is 0 Å². The topological polar surface area (TPSA) is 49.5 Å². The van der Waals surface area contributed by atoms with Crippen molar-refractivity contribution in [2.24, 2.45) is 17.6 Å². The summed E-state index contributed by atoms with van der Waals surface area (Å²) in [6.07, 6.45) is 4.61. The van der Waals surface area contributed by atoms with Gasteiger partial charge in [0.15, 0.2) is 0 Å². The molecule has 0 saturated carbocycles. The van der Waals surface area contributed by atoms with Crippen LogP contribution in [0.15, 0.2) is 0 Å². The predicted molar refractivity (Wildman–Crippen MR) is 72.9 cm³/mol. The first-order valence-corrected chi connectivity index (χ1v) is 7.05. The van der Waals surface area contributed by atoms with Crippen LogP contribution in [0.1, 0.15) is 46.5 Å². The van der Waals surface area contributed by atoms with Crippen LogP contribution in [-0.4, -0.2) is 41.8 Å². The van der Waals surface area contributed by atoms with E-state index in [2.05, 4.69) is 18.7 Å². The maximum Gasteiger partial charge on any atom is 0.0608 e. The highest BCUT2D eigenvalue weighted by atomic mass is 16.3. The third-order valence-electron chi connectivity index (χ3n) is 3.78. The molecule has 0 aliphatic carbocycles. The van der Waals surface area contributed by atoms with Crippen molar-refractivity contribution < 1.29 is 5.11 Å². The number of piperidine rings is 1. The molecule has 3 atom stereocenters. The van der Waals surface area contributed by atoms with Gasteiger partial charge in [-0.15, -0.1) is 0 Å². The molecular formula is C14H30N2O. The molecule has 102 valence electrons. The van der Waals surface area contributed by atoms with Gasteiger partial charge in [-0.1, -0.05) is 20.3 Å². The maximum absolute atomic E-state index is 9.08. The first kappa shape index (κ1) is 14.9.